The van der Waals surface area contributed by atoms with Crippen molar-refractivity contribution in [2.24, 2.45) is 0 Å². The molecule has 37 heavy (non-hydrogen) atoms. The van der Waals surface area contributed by atoms with Gasteiger partial charge in [0, 0.05) is 67.0 Å². The number of anilines is 1. The number of pyridine rings is 1. The molecule has 2 amide bonds. The molecular weight excluding hydrogens is 508 g/mol. The highest BCUT2D eigenvalue weighted by molar-refractivity contribution is 6.30. The zero-order valence-electron chi connectivity index (χ0n) is 20.2. The molecule has 0 radical (unpaired) electrons. The van der Waals surface area contributed by atoms with Crippen LogP contribution in [0.2, 0.25) is 5.02 Å². The van der Waals surface area contributed by atoms with Gasteiger partial charge in [0.25, 0.3) is 11.5 Å². The van der Waals surface area contributed by atoms with Crippen LogP contribution in [0.4, 0.5) is 14.5 Å². The van der Waals surface area contributed by atoms with E-state index in [2.05, 4.69) is 5.32 Å². The van der Waals surface area contributed by atoms with Crippen molar-refractivity contribution in [3.63, 3.8) is 0 Å². The van der Waals surface area contributed by atoms with Gasteiger partial charge in [-0.3, -0.25) is 14.4 Å². The standard InChI is InChI=1S/C18H18F2N2O4.C8H8ClNO/c1-26-12-8-13(19)17(14(20)9-12)11-7-16(24)22(10-11)15-3-2-4-21(5-6-23)18(15)25;1-10-8(11)6-2-4-7(9)5-3-6/h2-4,8-9,11,23H,5-7,10H2,1H3;2-5H,1H3,(H,10,11). The highest BCUT2D eigenvalue weighted by atomic mass is 35.5. The number of amides is 2. The Balaban J connectivity index is 0.000000289. The van der Waals surface area contributed by atoms with E-state index in [9.17, 15) is 23.2 Å². The number of aliphatic hydroxyl groups is 1. The van der Waals surface area contributed by atoms with Gasteiger partial charge in [-0.2, -0.15) is 0 Å². The Morgan fingerprint density at radius 1 is 1.16 bits per heavy atom. The van der Waals surface area contributed by atoms with E-state index in [0.717, 1.165) is 12.1 Å². The Morgan fingerprint density at radius 3 is 2.38 bits per heavy atom. The van der Waals surface area contributed by atoms with Crippen molar-refractivity contribution in [2.45, 2.75) is 18.9 Å². The molecule has 2 N–H and O–H groups in total. The number of aliphatic hydroxyl groups excluding tert-OH is 1. The third-order valence-corrected chi connectivity index (χ3v) is 6.04. The van der Waals surface area contributed by atoms with Crippen LogP contribution in [0.3, 0.4) is 0 Å². The summed E-state index contributed by atoms with van der Waals surface area (Å²) in [5.74, 6) is -2.70. The second-order valence-electron chi connectivity index (χ2n) is 8.11. The van der Waals surface area contributed by atoms with Gasteiger partial charge in [-0.15, -0.1) is 0 Å². The van der Waals surface area contributed by atoms with E-state index < -0.39 is 23.1 Å². The molecule has 11 heteroatoms. The number of aromatic nitrogens is 1. The molecule has 196 valence electrons. The smallest absolute Gasteiger partial charge is 0.274 e. The van der Waals surface area contributed by atoms with Crippen LogP contribution >= 0.6 is 11.6 Å². The van der Waals surface area contributed by atoms with Crippen LogP contribution in [0.25, 0.3) is 0 Å². The lowest BCUT2D eigenvalue weighted by Crippen LogP contribution is -2.33. The molecule has 2 aromatic carbocycles. The molecule has 1 aromatic heterocycles. The molecule has 0 saturated carbocycles. The molecule has 0 aliphatic carbocycles. The summed E-state index contributed by atoms with van der Waals surface area (Å²) >= 11 is 5.63. The summed E-state index contributed by atoms with van der Waals surface area (Å²) in [4.78, 5) is 37.0. The van der Waals surface area contributed by atoms with E-state index in [-0.39, 0.29) is 54.9 Å². The minimum absolute atomic E-state index is 0.00260. The first-order valence-electron chi connectivity index (χ1n) is 11.3. The number of carbonyl (C=O) groups excluding carboxylic acids is 2. The van der Waals surface area contributed by atoms with Gasteiger partial charge >= 0.3 is 0 Å². The maximum absolute atomic E-state index is 14.3. The van der Waals surface area contributed by atoms with Gasteiger partial charge in [-0.05, 0) is 36.4 Å². The van der Waals surface area contributed by atoms with Gasteiger partial charge < -0.3 is 24.6 Å². The lowest BCUT2D eigenvalue weighted by molar-refractivity contribution is -0.117. The molecule has 3 aromatic rings. The van der Waals surface area contributed by atoms with Gasteiger partial charge in [-0.25, -0.2) is 8.78 Å². The number of nitrogens with one attached hydrogen (secondary N) is 1. The number of nitrogens with zero attached hydrogens (tertiary/aromatic N) is 2. The third-order valence-electron chi connectivity index (χ3n) is 5.79. The summed E-state index contributed by atoms with van der Waals surface area (Å²) in [5.41, 5.74) is 0.124. The minimum atomic E-state index is -0.785. The zero-order chi connectivity index (χ0) is 27.1. The quantitative estimate of drug-likeness (QED) is 0.506. The fourth-order valence-corrected chi connectivity index (χ4v) is 4.09. The molecule has 2 heterocycles. The number of carbonyl (C=O) groups is 2. The highest BCUT2D eigenvalue weighted by Gasteiger charge is 2.36. The first kappa shape index (κ1) is 27.8. The van der Waals surface area contributed by atoms with Gasteiger partial charge in [0.2, 0.25) is 5.91 Å². The summed E-state index contributed by atoms with van der Waals surface area (Å²) in [6.45, 7) is -0.126. The van der Waals surface area contributed by atoms with Gasteiger partial charge in [0.1, 0.15) is 23.1 Å². The summed E-state index contributed by atoms with van der Waals surface area (Å²) in [6, 6.07) is 11.9. The number of hydrogen-bond donors (Lipinski definition) is 2. The first-order chi connectivity index (χ1) is 17.7. The monoisotopic (exact) mass is 533 g/mol. The predicted octanol–water partition coefficient (Wildman–Crippen LogP) is 3.35. The van der Waals surface area contributed by atoms with E-state index in [0.29, 0.717) is 10.6 Å². The molecule has 1 unspecified atom stereocenters. The molecule has 1 fully saturated rings. The molecule has 4 rings (SSSR count). The number of benzene rings is 2. The van der Waals surface area contributed by atoms with E-state index in [1.807, 2.05) is 0 Å². The Bertz CT molecular complexity index is 1310. The predicted molar refractivity (Wildman–Crippen MR) is 135 cm³/mol. The molecular formula is C26H26ClF2N3O5. The maximum Gasteiger partial charge on any atom is 0.274 e. The van der Waals surface area contributed by atoms with Gasteiger partial charge in [0.05, 0.1) is 13.7 Å². The number of methoxy groups -OCH3 is 1. The second kappa shape index (κ2) is 12.5. The maximum atomic E-state index is 14.3. The van der Waals surface area contributed by atoms with E-state index in [1.54, 1.807) is 37.4 Å². The highest BCUT2D eigenvalue weighted by Crippen LogP contribution is 2.35. The van der Waals surface area contributed by atoms with Crippen LogP contribution < -0.4 is 20.5 Å². The van der Waals surface area contributed by atoms with Crippen molar-refractivity contribution in [2.75, 3.05) is 32.2 Å². The number of hydrogen-bond acceptors (Lipinski definition) is 5. The van der Waals surface area contributed by atoms with Crippen molar-refractivity contribution >= 4 is 29.1 Å². The number of ether oxygens (including phenoxy) is 1. The molecule has 1 saturated heterocycles. The average molecular weight is 534 g/mol. The fraction of sp³-hybridized carbons (Fsp3) is 0.269. The van der Waals surface area contributed by atoms with E-state index in [4.69, 9.17) is 21.4 Å². The molecule has 8 nitrogen and oxygen atoms in total. The molecule has 0 bridgehead atoms. The largest absolute Gasteiger partial charge is 0.497 e. The number of halogens is 3. The van der Waals surface area contributed by atoms with E-state index >= 15 is 0 Å². The average Bonchev–Trinajstić information content (AvgIpc) is 3.25. The Hall–Kier alpha value is -3.76. The lowest BCUT2D eigenvalue weighted by atomic mass is 9.97. The van der Waals surface area contributed by atoms with Crippen molar-refractivity contribution in [3.8, 4) is 5.75 Å². The van der Waals surface area contributed by atoms with E-state index in [1.165, 1.54) is 28.8 Å². The lowest BCUT2D eigenvalue weighted by Gasteiger charge is -2.18. The third kappa shape index (κ3) is 6.52. The molecule has 1 aliphatic heterocycles. The topological polar surface area (TPSA) is 101 Å². The Kier molecular flexibility index (Phi) is 9.37. The zero-order valence-corrected chi connectivity index (χ0v) is 21.0. The summed E-state index contributed by atoms with van der Waals surface area (Å²) in [5, 5.41) is 12.2. The van der Waals surface area contributed by atoms with Gasteiger partial charge in [-0.1, -0.05) is 11.6 Å². The van der Waals surface area contributed by atoms with Crippen LogP contribution in [0.15, 0.2) is 59.5 Å². The normalized spacial score (nSPS) is 14.7. The summed E-state index contributed by atoms with van der Waals surface area (Å²) in [6.07, 6.45) is 1.40. The summed E-state index contributed by atoms with van der Waals surface area (Å²) < 4.78 is 34.7. The van der Waals surface area contributed by atoms with Crippen molar-refractivity contribution in [1.29, 1.82) is 0 Å². The van der Waals surface area contributed by atoms with Crippen molar-refractivity contribution in [1.82, 2.24) is 9.88 Å². The van der Waals surface area contributed by atoms with Crippen LogP contribution in [-0.2, 0) is 11.3 Å². The Morgan fingerprint density at radius 2 is 1.81 bits per heavy atom. The second-order valence-corrected chi connectivity index (χ2v) is 8.55. The van der Waals surface area contributed by atoms with Crippen molar-refractivity contribution < 1.29 is 28.2 Å². The Labute approximate surface area is 217 Å². The van der Waals surface area contributed by atoms with Crippen LogP contribution in [0.5, 0.6) is 5.75 Å². The first-order valence-corrected chi connectivity index (χ1v) is 11.7. The summed E-state index contributed by atoms with van der Waals surface area (Å²) in [7, 11) is 2.90. The van der Waals surface area contributed by atoms with Crippen LogP contribution in [-0.4, -0.2) is 48.8 Å². The van der Waals surface area contributed by atoms with Crippen LogP contribution in [0, 0.1) is 11.6 Å². The SMILES string of the molecule is CNC(=O)c1ccc(Cl)cc1.COc1cc(F)c(C2CC(=O)N(c3cccn(CCO)c3=O)C2)c(F)c1. The van der Waals surface area contributed by atoms with Gasteiger partial charge in [0.15, 0.2) is 0 Å². The molecule has 1 aliphatic rings. The van der Waals surface area contributed by atoms with Crippen molar-refractivity contribution in [3.05, 3.63) is 92.9 Å². The molecule has 0 spiro atoms. The minimum Gasteiger partial charge on any atom is -0.497 e. The molecule has 1 atom stereocenters. The number of rotatable bonds is 6. The fourth-order valence-electron chi connectivity index (χ4n) is 3.96. The van der Waals surface area contributed by atoms with Crippen LogP contribution in [0.1, 0.15) is 28.3 Å².